The fourth-order valence-corrected chi connectivity index (χ4v) is 0.388. The van der Waals surface area contributed by atoms with E-state index in [2.05, 4.69) is 0 Å². The van der Waals surface area contributed by atoms with Crippen LogP contribution in [-0.4, -0.2) is 23.2 Å². The zero-order valence-corrected chi connectivity index (χ0v) is 5.37. The van der Waals surface area contributed by atoms with E-state index in [-0.39, 0.29) is 12.5 Å². The second-order valence-corrected chi connectivity index (χ2v) is 2.12. The normalized spacial score (nSPS) is 16.8. The van der Waals surface area contributed by atoms with Gasteiger partial charge in [-0.3, -0.25) is 4.79 Å². The first-order valence-electron chi connectivity index (χ1n) is 2.77. The molecule has 0 aliphatic carbocycles. The molecule has 4 heteroatoms. The van der Waals surface area contributed by atoms with Crippen LogP contribution in [0.1, 0.15) is 13.3 Å². The highest BCUT2D eigenvalue weighted by Gasteiger charge is 2.11. The predicted octanol–water partition coefficient (Wildman–Crippen LogP) is -0.864. The van der Waals surface area contributed by atoms with Crippen molar-refractivity contribution in [2.45, 2.75) is 25.4 Å². The SMILES string of the molecule is CC(N)C(N)CC(=O)O. The molecule has 5 N–H and O–H groups in total. The fourth-order valence-electron chi connectivity index (χ4n) is 0.388. The maximum atomic E-state index is 9.98. The molecular formula is C5H12N2O2. The molecule has 0 rings (SSSR count). The second-order valence-electron chi connectivity index (χ2n) is 2.12. The summed E-state index contributed by atoms with van der Waals surface area (Å²) >= 11 is 0. The Kier molecular flexibility index (Phi) is 3.19. The Hall–Kier alpha value is -0.610. The number of carbonyl (C=O) groups is 1. The van der Waals surface area contributed by atoms with Gasteiger partial charge in [0, 0.05) is 12.1 Å². The molecule has 0 aromatic rings. The van der Waals surface area contributed by atoms with Gasteiger partial charge in [0.1, 0.15) is 0 Å². The van der Waals surface area contributed by atoms with Crippen LogP contribution < -0.4 is 11.5 Å². The molecule has 0 aromatic heterocycles. The summed E-state index contributed by atoms with van der Waals surface area (Å²) in [5.74, 6) is -0.903. The van der Waals surface area contributed by atoms with Crippen LogP contribution in [0.5, 0.6) is 0 Å². The van der Waals surface area contributed by atoms with Crippen molar-refractivity contribution in [3.63, 3.8) is 0 Å². The molecule has 0 radical (unpaired) electrons. The van der Waals surface area contributed by atoms with Gasteiger partial charge in [-0.1, -0.05) is 0 Å². The van der Waals surface area contributed by atoms with Crippen molar-refractivity contribution in [3.8, 4) is 0 Å². The first-order chi connectivity index (χ1) is 4.04. The number of carboxylic acid groups (broad SMARTS) is 1. The molecule has 0 aliphatic rings. The number of hydrogen-bond acceptors (Lipinski definition) is 3. The van der Waals surface area contributed by atoms with E-state index in [1.165, 1.54) is 0 Å². The van der Waals surface area contributed by atoms with Gasteiger partial charge in [0.25, 0.3) is 0 Å². The maximum Gasteiger partial charge on any atom is 0.304 e. The zero-order valence-electron chi connectivity index (χ0n) is 5.37. The minimum absolute atomic E-state index is 0.0579. The van der Waals surface area contributed by atoms with Crippen molar-refractivity contribution in [1.82, 2.24) is 0 Å². The molecule has 0 fully saturated rings. The van der Waals surface area contributed by atoms with Gasteiger partial charge >= 0.3 is 5.97 Å². The summed E-state index contributed by atoms with van der Waals surface area (Å²) < 4.78 is 0. The number of carboxylic acids is 1. The van der Waals surface area contributed by atoms with Crippen LogP contribution in [0.4, 0.5) is 0 Å². The number of aliphatic carboxylic acids is 1. The molecule has 54 valence electrons. The lowest BCUT2D eigenvalue weighted by molar-refractivity contribution is -0.137. The molecule has 0 aliphatic heterocycles. The van der Waals surface area contributed by atoms with Crippen molar-refractivity contribution >= 4 is 5.97 Å². The summed E-state index contributed by atoms with van der Waals surface area (Å²) in [6, 6.07) is -0.677. The topological polar surface area (TPSA) is 89.3 Å². The standard InChI is InChI=1S/C5H12N2O2/c1-3(6)4(7)2-5(8)9/h3-4H,2,6-7H2,1H3,(H,8,9). The van der Waals surface area contributed by atoms with Gasteiger partial charge in [0.15, 0.2) is 0 Å². The Morgan fingerprint density at radius 2 is 2.11 bits per heavy atom. The lowest BCUT2D eigenvalue weighted by Crippen LogP contribution is -2.40. The Balaban J connectivity index is 3.50. The summed E-state index contributed by atoms with van der Waals surface area (Å²) in [6.07, 6.45) is -0.0579. The minimum atomic E-state index is -0.903. The number of nitrogens with two attached hydrogens (primary N) is 2. The van der Waals surface area contributed by atoms with Crippen molar-refractivity contribution in [2.75, 3.05) is 0 Å². The van der Waals surface area contributed by atoms with Crippen LogP contribution in [0, 0.1) is 0 Å². The van der Waals surface area contributed by atoms with E-state index in [4.69, 9.17) is 16.6 Å². The average Bonchev–Trinajstić information content (AvgIpc) is 1.63. The van der Waals surface area contributed by atoms with E-state index < -0.39 is 12.0 Å². The summed E-state index contributed by atoms with van der Waals surface area (Å²) in [5.41, 5.74) is 10.6. The molecule has 4 nitrogen and oxygen atoms in total. The summed E-state index contributed by atoms with van der Waals surface area (Å²) in [5, 5.41) is 8.20. The number of hydrogen-bond donors (Lipinski definition) is 3. The molecule has 2 atom stereocenters. The molecule has 0 aromatic carbocycles. The van der Waals surface area contributed by atoms with Crippen molar-refractivity contribution in [1.29, 1.82) is 0 Å². The Labute approximate surface area is 53.8 Å². The van der Waals surface area contributed by atoms with Crippen molar-refractivity contribution in [2.24, 2.45) is 11.5 Å². The fraction of sp³-hybridized carbons (Fsp3) is 0.800. The lowest BCUT2D eigenvalue weighted by Gasteiger charge is -2.11. The average molecular weight is 132 g/mol. The summed E-state index contributed by atoms with van der Waals surface area (Å²) in [7, 11) is 0. The third kappa shape index (κ3) is 3.93. The van der Waals surface area contributed by atoms with Crippen LogP contribution in [0.2, 0.25) is 0 Å². The highest BCUT2D eigenvalue weighted by Crippen LogP contribution is 1.90. The third-order valence-electron chi connectivity index (χ3n) is 1.09. The van der Waals surface area contributed by atoms with E-state index in [1.54, 1.807) is 6.92 Å². The van der Waals surface area contributed by atoms with E-state index in [0.29, 0.717) is 0 Å². The summed E-state index contributed by atoms with van der Waals surface area (Å²) in [6.45, 7) is 1.69. The Morgan fingerprint density at radius 3 is 2.22 bits per heavy atom. The molecule has 0 saturated heterocycles. The lowest BCUT2D eigenvalue weighted by atomic mass is 10.1. The molecule has 9 heavy (non-hydrogen) atoms. The van der Waals surface area contributed by atoms with Gasteiger partial charge in [0.05, 0.1) is 6.42 Å². The smallest absolute Gasteiger partial charge is 0.304 e. The number of rotatable bonds is 3. The van der Waals surface area contributed by atoms with Gasteiger partial charge in [-0.2, -0.15) is 0 Å². The summed E-state index contributed by atoms with van der Waals surface area (Å²) in [4.78, 5) is 9.98. The van der Waals surface area contributed by atoms with Crippen LogP contribution in [0.15, 0.2) is 0 Å². The molecular weight excluding hydrogens is 120 g/mol. The van der Waals surface area contributed by atoms with E-state index >= 15 is 0 Å². The van der Waals surface area contributed by atoms with Gasteiger partial charge in [-0.25, -0.2) is 0 Å². The molecule has 0 bridgehead atoms. The van der Waals surface area contributed by atoms with Crippen LogP contribution in [0.3, 0.4) is 0 Å². The highest BCUT2D eigenvalue weighted by molar-refractivity contribution is 5.67. The molecule has 2 unspecified atom stereocenters. The minimum Gasteiger partial charge on any atom is -0.481 e. The first kappa shape index (κ1) is 8.39. The van der Waals surface area contributed by atoms with E-state index in [1.807, 2.05) is 0 Å². The Morgan fingerprint density at radius 1 is 1.67 bits per heavy atom. The van der Waals surface area contributed by atoms with Gasteiger partial charge in [-0.05, 0) is 6.92 Å². The third-order valence-corrected chi connectivity index (χ3v) is 1.09. The van der Waals surface area contributed by atoms with Gasteiger partial charge < -0.3 is 16.6 Å². The Bertz CT molecular complexity index is 103. The van der Waals surface area contributed by atoms with Crippen molar-refractivity contribution in [3.05, 3.63) is 0 Å². The first-order valence-corrected chi connectivity index (χ1v) is 2.77. The van der Waals surface area contributed by atoms with E-state index in [0.717, 1.165) is 0 Å². The highest BCUT2D eigenvalue weighted by atomic mass is 16.4. The quantitative estimate of drug-likeness (QED) is 0.466. The van der Waals surface area contributed by atoms with Gasteiger partial charge in [-0.15, -0.1) is 0 Å². The van der Waals surface area contributed by atoms with Crippen LogP contribution in [-0.2, 0) is 4.79 Å². The molecule has 0 saturated carbocycles. The monoisotopic (exact) mass is 132 g/mol. The predicted molar refractivity (Wildman–Crippen MR) is 33.9 cm³/mol. The van der Waals surface area contributed by atoms with Crippen molar-refractivity contribution < 1.29 is 9.90 Å². The molecule has 0 heterocycles. The largest absolute Gasteiger partial charge is 0.481 e. The molecule has 0 spiro atoms. The van der Waals surface area contributed by atoms with Gasteiger partial charge in [0.2, 0.25) is 0 Å². The zero-order chi connectivity index (χ0) is 7.44. The van der Waals surface area contributed by atoms with Crippen LogP contribution in [0.25, 0.3) is 0 Å². The maximum absolute atomic E-state index is 9.98. The second kappa shape index (κ2) is 3.42. The van der Waals surface area contributed by atoms with Crippen LogP contribution >= 0.6 is 0 Å². The molecule has 0 amide bonds. The van der Waals surface area contributed by atoms with E-state index in [9.17, 15) is 4.79 Å².